The summed E-state index contributed by atoms with van der Waals surface area (Å²) >= 11 is 0. The molecule has 0 spiro atoms. The molecule has 86 valence electrons. The molecule has 1 aliphatic rings. The predicted molar refractivity (Wildman–Crippen MR) is 65.1 cm³/mol. The van der Waals surface area contributed by atoms with Gasteiger partial charge in [0.15, 0.2) is 0 Å². The van der Waals surface area contributed by atoms with Gasteiger partial charge in [-0.2, -0.15) is 0 Å². The third-order valence-electron chi connectivity index (χ3n) is 3.67. The molecule has 0 radical (unpaired) electrons. The Labute approximate surface area is 97.3 Å². The second-order valence-electron chi connectivity index (χ2n) is 4.78. The van der Waals surface area contributed by atoms with Gasteiger partial charge in [0.25, 0.3) is 0 Å². The molecule has 0 saturated carbocycles. The van der Waals surface area contributed by atoms with Crippen LogP contribution in [0.2, 0.25) is 0 Å². The van der Waals surface area contributed by atoms with Crippen LogP contribution in [0.15, 0.2) is 30.3 Å². The highest BCUT2D eigenvalue weighted by Crippen LogP contribution is 2.32. The van der Waals surface area contributed by atoms with Gasteiger partial charge in [0.2, 0.25) is 0 Å². The predicted octanol–water partition coefficient (Wildman–Crippen LogP) is 2.49. The van der Waals surface area contributed by atoms with Gasteiger partial charge in [0.05, 0.1) is 0 Å². The monoisotopic (exact) mass is 217 g/mol. The molecule has 0 N–H and O–H groups in total. The van der Waals surface area contributed by atoms with E-state index in [0.29, 0.717) is 0 Å². The molecule has 1 atom stereocenters. The summed E-state index contributed by atoms with van der Waals surface area (Å²) in [6.45, 7) is 5.04. The highest BCUT2D eigenvalue weighted by atomic mass is 16.1. The number of rotatable bonds is 4. The Kier molecular flexibility index (Phi) is 3.39. The first kappa shape index (κ1) is 11.3. The molecular formula is C14H19NO. The zero-order valence-corrected chi connectivity index (χ0v) is 9.86. The number of carbonyl (C=O) groups excluding carboxylic acids is 1. The quantitative estimate of drug-likeness (QED) is 0.722. The molecule has 1 unspecified atom stereocenters. The number of carbonyl (C=O) groups is 1. The van der Waals surface area contributed by atoms with Crippen LogP contribution in [-0.2, 0) is 11.3 Å². The van der Waals surface area contributed by atoms with Crippen molar-refractivity contribution in [3.05, 3.63) is 35.9 Å². The molecule has 1 saturated heterocycles. The molecular weight excluding hydrogens is 198 g/mol. The van der Waals surface area contributed by atoms with E-state index in [0.717, 1.165) is 38.8 Å². The lowest BCUT2D eigenvalue weighted by molar-refractivity contribution is -0.115. The summed E-state index contributed by atoms with van der Waals surface area (Å²) in [7, 11) is 0. The zero-order chi connectivity index (χ0) is 11.4. The van der Waals surface area contributed by atoms with Crippen LogP contribution in [0.3, 0.4) is 0 Å². The molecule has 0 bridgehead atoms. The molecule has 16 heavy (non-hydrogen) atoms. The Morgan fingerprint density at radius 2 is 2.12 bits per heavy atom. The van der Waals surface area contributed by atoms with Gasteiger partial charge in [-0.1, -0.05) is 37.3 Å². The normalized spacial score (nSPS) is 25.8. The molecule has 0 amide bonds. The maximum absolute atomic E-state index is 11.1. The third kappa shape index (κ3) is 2.33. The van der Waals surface area contributed by atoms with E-state index < -0.39 is 0 Å². The van der Waals surface area contributed by atoms with Crippen LogP contribution in [0.1, 0.15) is 25.3 Å². The highest BCUT2D eigenvalue weighted by Gasteiger charge is 2.35. The van der Waals surface area contributed by atoms with E-state index in [2.05, 4.69) is 36.1 Å². The number of hydrogen-bond donors (Lipinski definition) is 0. The summed E-state index contributed by atoms with van der Waals surface area (Å²) in [6.07, 6.45) is 3.14. The van der Waals surface area contributed by atoms with Gasteiger partial charge in [-0.3, -0.25) is 4.90 Å². The zero-order valence-electron chi connectivity index (χ0n) is 9.86. The van der Waals surface area contributed by atoms with E-state index >= 15 is 0 Å². The molecule has 1 heterocycles. The second kappa shape index (κ2) is 4.79. The molecule has 0 aromatic heterocycles. The fraction of sp³-hybridized carbons (Fsp3) is 0.500. The molecule has 2 nitrogen and oxygen atoms in total. The van der Waals surface area contributed by atoms with E-state index in [9.17, 15) is 4.79 Å². The Bertz CT molecular complexity index is 349. The molecule has 1 fully saturated rings. The summed E-state index contributed by atoms with van der Waals surface area (Å²) in [5.41, 5.74) is 1.26. The minimum atomic E-state index is -0.0746. The Morgan fingerprint density at radius 3 is 2.69 bits per heavy atom. The van der Waals surface area contributed by atoms with Gasteiger partial charge in [0, 0.05) is 18.5 Å². The third-order valence-corrected chi connectivity index (χ3v) is 3.67. The van der Waals surface area contributed by atoms with Crippen LogP contribution >= 0.6 is 0 Å². The summed E-state index contributed by atoms with van der Waals surface area (Å²) in [6, 6.07) is 10.5. The molecule has 1 aromatic rings. The first-order valence-corrected chi connectivity index (χ1v) is 6.01. The van der Waals surface area contributed by atoms with Crippen molar-refractivity contribution in [1.29, 1.82) is 0 Å². The van der Waals surface area contributed by atoms with Crippen LogP contribution in [0.25, 0.3) is 0 Å². The fourth-order valence-corrected chi connectivity index (χ4v) is 2.43. The number of hydrogen-bond acceptors (Lipinski definition) is 2. The minimum absolute atomic E-state index is 0.0746. The van der Waals surface area contributed by atoms with Gasteiger partial charge < -0.3 is 4.79 Å². The lowest BCUT2D eigenvalue weighted by Gasteiger charge is -2.21. The van der Waals surface area contributed by atoms with E-state index in [4.69, 9.17) is 0 Å². The first-order chi connectivity index (χ1) is 7.78. The van der Waals surface area contributed by atoms with Crippen LogP contribution in [0.5, 0.6) is 0 Å². The number of likely N-dealkylation sites (tertiary alicyclic amines) is 1. The van der Waals surface area contributed by atoms with E-state index in [1.54, 1.807) is 0 Å². The van der Waals surface area contributed by atoms with Gasteiger partial charge >= 0.3 is 0 Å². The topological polar surface area (TPSA) is 20.3 Å². The van der Waals surface area contributed by atoms with Gasteiger partial charge in [-0.15, -0.1) is 0 Å². The summed E-state index contributed by atoms with van der Waals surface area (Å²) in [5, 5.41) is 0. The lowest BCUT2D eigenvalue weighted by Crippen LogP contribution is -2.27. The van der Waals surface area contributed by atoms with Crippen LogP contribution in [0, 0.1) is 5.41 Å². The number of aldehydes is 1. The molecule has 1 aromatic carbocycles. The average molecular weight is 217 g/mol. The molecule has 0 aliphatic carbocycles. The van der Waals surface area contributed by atoms with Crippen molar-refractivity contribution in [3.8, 4) is 0 Å². The molecule has 1 aliphatic heterocycles. The summed E-state index contributed by atoms with van der Waals surface area (Å²) in [4.78, 5) is 13.5. The van der Waals surface area contributed by atoms with Crippen LogP contribution < -0.4 is 0 Å². The standard InChI is InChI=1S/C14H19NO/c1-2-14(12-16)8-9-15(11-14)10-13-6-4-3-5-7-13/h3-7,12H,2,8-11H2,1H3. The van der Waals surface area contributed by atoms with Crippen molar-refractivity contribution in [2.75, 3.05) is 13.1 Å². The van der Waals surface area contributed by atoms with Gasteiger partial charge in [-0.25, -0.2) is 0 Å². The number of nitrogens with zero attached hydrogens (tertiary/aromatic N) is 1. The van der Waals surface area contributed by atoms with E-state index in [1.807, 2.05) is 6.07 Å². The minimum Gasteiger partial charge on any atom is -0.303 e. The maximum atomic E-state index is 11.1. The van der Waals surface area contributed by atoms with Crippen LogP contribution in [0.4, 0.5) is 0 Å². The van der Waals surface area contributed by atoms with Crippen molar-refractivity contribution < 1.29 is 4.79 Å². The van der Waals surface area contributed by atoms with Crippen molar-refractivity contribution in [3.63, 3.8) is 0 Å². The van der Waals surface area contributed by atoms with Gasteiger partial charge in [0.1, 0.15) is 6.29 Å². The second-order valence-corrected chi connectivity index (χ2v) is 4.78. The summed E-state index contributed by atoms with van der Waals surface area (Å²) in [5.74, 6) is 0. The summed E-state index contributed by atoms with van der Waals surface area (Å²) < 4.78 is 0. The van der Waals surface area contributed by atoms with Crippen molar-refractivity contribution in [1.82, 2.24) is 4.90 Å². The maximum Gasteiger partial charge on any atom is 0.127 e. The van der Waals surface area contributed by atoms with Gasteiger partial charge in [-0.05, 0) is 24.9 Å². The Hall–Kier alpha value is -1.15. The van der Waals surface area contributed by atoms with Crippen molar-refractivity contribution in [2.24, 2.45) is 5.41 Å². The Morgan fingerprint density at radius 1 is 1.38 bits per heavy atom. The van der Waals surface area contributed by atoms with E-state index in [-0.39, 0.29) is 5.41 Å². The lowest BCUT2D eigenvalue weighted by atomic mass is 9.86. The van der Waals surface area contributed by atoms with E-state index in [1.165, 1.54) is 5.56 Å². The largest absolute Gasteiger partial charge is 0.303 e. The van der Waals surface area contributed by atoms with Crippen LogP contribution in [-0.4, -0.2) is 24.3 Å². The smallest absolute Gasteiger partial charge is 0.127 e. The first-order valence-electron chi connectivity index (χ1n) is 6.01. The SMILES string of the molecule is CCC1(C=O)CCN(Cc2ccccc2)C1. The van der Waals surface area contributed by atoms with Crippen molar-refractivity contribution >= 4 is 6.29 Å². The fourth-order valence-electron chi connectivity index (χ4n) is 2.43. The Balaban J connectivity index is 1.97. The highest BCUT2D eigenvalue weighted by molar-refractivity contribution is 5.60. The number of benzene rings is 1. The van der Waals surface area contributed by atoms with Crippen molar-refractivity contribution in [2.45, 2.75) is 26.3 Å². The average Bonchev–Trinajstić information content (AvgIpc) is 2.75. The molecule has 2 rings (SSSR count). The molecule has 2 heteroatoms.